The Balaban J connectivity index is 2.93. The maximum atomic E-state index is 13.0. The molecule has 13 heavy (non-hydrogen) atoms. The van der Waals surface area contributed by atoms with Crippen LogP contribution in [0, 0.1) is 5.82 Å². The Labute approximate surface area is 82.7 Å². The summed E-state index contributed by atoms with van der Waals surface area (Å²) < 4.78 is 13.0. The van der Waals surface area contributed by atoms with Crippen LogP contribution in [0.5, 0.6) is 0 Å². The van der Waals surface area contributed by atoms with Crippen LogP contribution in [-0.2, 0) is 0 Å². The lowest BCUT2D eigenvalue weighted by molar-refractivity contribution is 0.606. The minimum absolute atomic E-state index is 0.156. The molecular weight excluding hydrogens is 189 g/mol. The molecule has 0 heterocycles. The molecule has 1 atom stereocenters. The van der Waals surface area contributed by atoms with Gasteiger partial charge in [0.05, 0.1) is 5.02 Å². The summed E-state index contributed by atoms with van der Waals surface area (Å²) in [7, 11) is 0. The van der Waals surface area contributed by atoms with E-state index >= 15 is 0 Å². The van der Waals surface area contributed by atoms with Gasteiger partial charge in [0.25, 0.3) is 0 Å². The van der Waals surface area contributed by atoms with Crippen molar-refractivity contribution >= 4 is 11.6 Å². The normalized spacial score (nSPS) is 12.9. The quantitative estimate of drug-likeness (QED) is 0.798. The standard InChI is InChI=1S/C10H13ClFN/c1-2-4-9(13)7-5-3-6-8(12)10(7)11/h3,5-6,9H,2,4,13H2,1H3/t9-/m0/s1. The molecule has 1 aromatic rings. The lowest BCUT2D eigenvalue weighted by Crippen LogP contribution is -2.10. The van der Waals surface area contributed by atoms with Gasteiger partial charge in [0.2, 0.25) is 0 Å². The fourth-order valence-corrected chi connectivity index (χ4v) is 1.54. The highest BCUT2D eigenvalue weighted by Crippen LogP contribution is 2.26. The summed E-state index contributed by atoms with van der Waals surface area (Å²) in [6.07, 6.45) is 1.79. The van der Waals surface area contributed by atoms with E-state index < -0.39 is 5.82 Å². The Morgan fingerprint density at radius 3 is 2.85 bits per heavy atom. The van der Waals surface area contributed by atoms with Gasteiger partial charge in [-0.25, -0.2) is 4.39 Å². The average Bonchev–Trinajstić information content (AvgIpc) is 2.10. The van der Waals surface area contributed by atoms with E-state index in [-0.39, 0.29) is 11.1 Å². The highest BCUT2D eigenvalue weighted by molar-refractivity contribution is 6.31. The van der Waals surface area contributed by atoms with E-state index in [0.29, 0.717) is 5.56 Å². The molecule has 0 bridgehead atoms. The molecule has 0 aliphatic carbocycles. The number of hydrogen-bond acceptors (Lipinski definition) is 1. The summed E-state index contributed by atoms with van der Waals surface area (Å²) in [5.74, 6) is -0.397. The van der Waals surface area contributed by atoms with E-state index in [0.717, 1.165) is 12.8 Å². The Morgan fingerprint density at radius 1 is 1.54 bits per heavy atom. The highest BCUT2D eigenvalue weighted by Gasteiger charge is 2.11. The van der Waals surface area contributed by atoms with E-state index in [1.807, 2.05) is 6.92 Å². The molecule has 0 amide bonds. The molecule has 0 fully saturated rings. The average molecular weight is 202 g/mol. The summed E-state index contributed by atoms with van der Waals surface area (Å²) in [4.78, 5) is 0. The number of hydrogen-bond donors (Lipinski definition) is 1. The molecule has 0 aliphatic heterocycles. The van der Waals surface area contributed by atoms with Crippen LogP contribution in [0.1, 0.15) is 31.4 Å². The number of rotatable bonds is 3. The molecule has 0 aliphatic rings. The van der Waals surface area contributed by atoms with Gasteiger partial charge in [0, 0.05) is 6.04 Å². The van der Waals surface area contributed by atoms with Gasteiger partial charge >= 0.3 is 0 Å². The molecule has 3 heteroatoms. The molecule has 1 nitrogen and oxygen atoms in total. The zero-order valence-electron chi connectivity index (χ0n) is 7.56. The first-order valence-electron chi connectivity index (χ1n) is 4.36. The fraction of sp³-hybridized carbons (Fsp3) is 0.400. The van der Waals surface area contributed by atoms with E-state index in [1.165, 1.54) is 6.07 Å². The van der Waals surface area contributed by atoms with Gasteiger partial charge < -0.3 is 5.73 Å². The zero-order valence-corrected chi connectivity index (χ0v) is 8.31. The van der Waals surface area contributed by atoms with Crippen molar-refractivity contribution in [2.75, 3.05) is 0 Å². The predicted octanol–water partition coefficient (Wildman–Crippen LogP) is 3.28. The van der Waals surface area contributed by atoms with Crippen LogP contribution in [0.2, 0.25) is 5.02 Å². The Hall–Kier alpha value is -0.600. The second-order valence-corrected chi connectivity index (χ2v) is 3.42. The number of benzene rings is 1. The van der Waals surface area contributed by atoms with Crippen LogP contribution in [0.25, 0.3) is 0 Å². The third-order valence-electron chi connectivity index (χ3n) is 1.98. The van der Waals surface area contributed by atoms with Gasteiger partial charge in [-0.3, -0.25) is 0 Å². The predicted molar refractivity (Wildman–Crippen MR) is 53.2 cm³/mol. The van der Waals surface area contributed by atoms with Crippen LogP contribution >= 0.6 is 11.6 Å². The maximum Gasteiger partial charge on any atom is 0.142 e. The summed E-state index contributed by atoms with van der Waals surface area (Å²) in [5, 5.41) is 0.156. The number of nitrogens with two attached hydrogens (primary N) is 1. The van der Waals surface area contributed by atoms with Crippen LogP contribution in [-0.4, -0.2) is 0 Å². The van der Waals surface area contributed by atoms with Crippen molar-refractivity contribution in [1.29, 1.82) is 0 Å². The van der Waals surface area contributed by atoms with Gasteiger partial charge in [-0.05, 0) is 18.1 Å². The molecule has 0 unspecified atom stereocenters. The highest BCUT2D eigenvalue weighted by atomic mass is 35.5. The third-order valence-corrected chi connectivity index (χ3v) is 2.38. The van der Waals surface area contributed by atoms with Crippen molar-refractivity contribution in [3.05, 3.63) is 34.6 Å². The molecule has 0 radical (unpaired) electrons. The van der Waals surface area contributed by atoms with Gasteiger partial charge in [0.1, 0.15) is 5.82 Å². The largest absolute Gasteiger partial charge is 0.324 e. The van der Waals surface area contributed by atoms with Crippen molar-refractivity contribution in [1.82, 2.24) is 0 Å². The summed E-state index contributed by atoms with van der Waals surface area (Å²) in [5.41, 5.74) is 6.52. The molecule has 72 valence electrons. The minimum atomic E-state index is -0.397. The van der Waals surface area contributed by atoms with Gasteiger partial charge in [-0.1, -0.05) is 37.1 Å². The maximum absolute atomic E-state index is 13.0. The monoisotopic (exact) mass is 201 g/mol. The summed E-state index contributed by atoms with van der Waals surface area (Å²) in [6, 6.07) is 4.58. The lowest BCUT2D eigenvalue weighted by atomic mass is 10.0. The Bertz CT molecular complexity index is 288. The van der Waals surface area contributed by atoms with E-state index in [2.05, 4.69) is 0 Å². The zero-order chi connectivity index (χ0) is 9.84. The SMILES string of the molecule is CCC[C@H](N)c1cccc(F)c1Cl. The summed E-state index contributed by atoms with van der Waals surface area (Å²) >= 11 is 5.77. The molecule has 0 spiro atoms. The molecule has 0 saturated heterocycles. The molecule has 0 aromatic heterocycles. The van der Waals surface area contributed by atoms with Crippen molar-refractivity contribution in [2.24, 2.45) is 5.73 Å². The molecule has 2 N–H and O–H groups in total. The second-order valence-electron chi connectivity index (χ2n) is 3.04. The van der Waals surface area contributed by atoms with Crippen LogP contribution in [0.4, 0.5) is 4.39 Å². The molecule has 0 saturated carbocycles. The Morgan fingerprint density at radius 2 is 2.23 bits per heavy atom. The van der Waals surface area contributed by atoms with E-state index in [9.17, 15) is 4.39 Å². The molecular formula is C10H13ClFN. The van der Waals surface area contributed by atoms with Gasteiger partial charge in [-0.15, -0.1) is 0 Å². The minimum Gasteiger partial charge on any atom is -0.324 e. The third kappa shape index (κ3) is 2.42. The van der Waals surface area contributed by atoms with E-state index in [4.69, 9.17) is 17.3 Å². The van der Waals surface area contributed by atoms with Gasteiger partial charge in [-0.2, -0.15) is 0 Å². The Kier molecular flexibility index (Phi) is 3.70. The topological polar surface area (TPSA) is 26.0 Å². The van der Waals surface area contributed by atoms with Crippen LogP contribution in [0.3, 0.4) is 0 Å². The van der Waals surface area contributed by atoms with Crippen LogP contribution < -0.4 is 5.73 Å². The van der Waals surface area contributed by atoms with Crippen molar-refractivity contribution in [3.8, 4) is 0 Å². The summed E-state index contributed by atoms with van der Waals surface area (Å²) in [6.45, 7) is 2.03. The first-order valence-corrected chi connectivity index (χ1v) is 4.74. The van der Waals surface area contributed by atoms with Crippen LogP contribution in [0.15, 0.2) is 18.2 Å². The first kappa shape index (κ1) is 10.5. The van der Waals surface area contributed by atoms with Gasteiger partial charge in [0.15, 0.2) is 0 Å². The van der Waals surface area contributed by atoms with Crippen molar-refractivity contribution in [3.63, 3.8) is 0 Å². The van der Waals surface area contributed by atoms with E-state index in [1.54, 1.807) is 12.1 Å². The van der Waals surface area contributed by atoms with Crippen molar-refractivity contribution in [2.45, 2.75) is 25.8 Å². The van der Waals surface area contributed by atoms with Crippen molar-refractivity contribution < 1.29 is 4.39 Å². The number of halogens is 2. The molecule has 1 aromatic carbocycles. The smallest absolute Gasteiger partial charge is 0.142 e. The lowest BCUT2D eigenvalue weighted by Gasteiger charge is -2.12. The fourth-order valence-electron chi connectivity index (χ4n) is 1.27. The second kappa shape index (κ2) is 4.58. The molecule has 1 rings (SSSR count). The first-order chi connectivity index (χ1) is 6.16.